The topological polar surface area (TPSA) is 12.9 Å². The Hall–Kier alpha value is -0.850. The van der Waals surface area contributed by atoms with Crippen molar-refractivity contribution in [1.29, 1.82) is 0 Å². The zero-order valence-corrected chi connectivity index (χ0v) is 6.02. The van der Waals surface area contributed by atoms with Crippen molar-refractivity contribution in [2.45, 2.75) is 20.8 Å². The molecule has 1 aromatic heterocycles. The van der Waals surface area contributed by atoms with Gasteiger partial charge in [0.1, 0.15) is 0 Å². The van der Waals surface area contributed by atoms with Crippen molar-refractivity contribution >= 4 is 0 Å². The molecule has 1 aromatic rings. The summed E-state index contributed by atoms with van der Waals surface area (Å²) < 4.78 is 0. The van der Waals surface area contributed by atoms with Gasteiger partial charge in [0, 0.05) is 11.9 Å². The third-order valence-electron chi connectivity index (χ3n) is 1.38. The smallest absolute Gasteiger partial charge is 0.0408 e. The minimum Gasteiger partial charge on any atom is -0.261 e. The van der Waals surface area contributed by atoms with E-state index in [9.17, 15) is 0 Å². The van der Waals surface area contributed by atoms with E-state index >= 15 is 0 Å². The van der Waals surface area contributed by atoms with Crippen LogP contribution in [0.3, 0.4) is 0 Å². The van der Waals surface area contributed by atoms with E-state index in [2.05, 4.69) is 11.1 Å². The molecule has 1 radical (unpaired) electrons. The molecule has 0 amide bonds. The highest BCUT2D eigenvalue weighted by atomic mass is 14.7. The fourth-order valence-corrected chi connectivity index (χ4v) is 0.709. The van der Waals surface area contributed by atoms with Gasteiger partial charge < -0.3 is 0 Å². The van der Waals surface area contributed by atoms with Gasteiger partial charge in [-0.2, -0.15) is 0 Å². The van der Waals surface area contributed by atoms with Gasteiger partial charge in [0.25, 0.3) is 0 Å². The van der Waals surface area contributed by atoms with Gasteiger partial charge in [-0.3, -0.25) is 4.98 Å². The molecule has 0 spiro atoms. The molecular formula is C8H10N. The number of rotatable bonds is 0. The molecule has 1 rings (SSSR count). The SMILES string of the molecule is Cc1[c]c(C)c(C)nc1. The molecule has 0 fully saturated rings. The van der Waals surface area contributed by atoms with Crippen LogP contribution in [0.5, 0.6) is 0 Å². The average molecular weight is 120 g/mol. The summed E-state index contributed by atoms with van der Waals surface area (Å²) in [5, 5.41) is 0. The molecule has 0 aromatic carbocycles. The molecule has 0 bridgehead atoms. The van der Waals surface area contributed by atoms with Crippen molar-refractivity contribution in [2.24, 2.45) is 0 Å². The minimum atomic E-state index is 1.07. The first-order chi connectivity index (χ1) is 4.20. The monoisotopic (exact) mass is 120 g/mol. The Bertz CT molecular complexity index is 216. The molecule has 0 aliphatic heterocycles. The second-order valence-electron chi connectivity index (χ2n) is 2.28. The maximum Gasteiger partial charge on any atom is 0.0408 e. The van der Waals surface area contributed by atoms with Crippen LogP contribution >= 0.6 is 0 Å². The summed E-state index contributed by atoms with van der Waals surface area (Å²) in [6.07, 6.45) is 1.84. The summed E-state index contributed by atoms with van der Waals surface area (Å²) in [5.41, 5.74) is 3.33. The van der Waals surface area contributed by atoms with Crippen LogP contribution in [0.4, 0.5) is 0 Å². The Morgan fingerprint density at radius 3 is 2.44 bits per heavy atom. The molecule has 9 heavy (non-hydrogen) atoms. The molecule has 0 N–H and O–H groups in total. The molecule has 0 saturated carbocycles. The van der Waals surface area contributed by atoms with Gasteiger partial charge in [-0.15, -0.1) is 0 Å². The normalized spacial score (nSPS) is 9.67. The predicted molar refractivity (Wildman–Crippen MR) is 37.3 cm³/mol. The summed E-state index contributed by atoms with van der Waals surface area (Å²) in [5.74, 6) is 0. The first-order valence-corrected chi connectivity index (χ1v) is 3.02. The van der Waals surface area contributed by atoms with Crippen molar-refractivity contribution in [3.8, 4) is 0 Å². The first kappa shape index (κ1) is 6.27. The van der Waals surface area contributed by atoms with Crippen molar-refractivity contribution in [1.82, 2.24) is 4.98 Å². The van der Waals surface area contributed by atoms with Crippen LogP contribution in [0.25, 0.3) is 0 Å². The van der Waals surface area contributed by atoms with Crippen LogP contribution in [-0.2, 0) is 0 Å². The largest absolute Gasteiger partial charge is 0.261 e. The van der Waals surface area contributed by atoms with E-state index in [1.807, 2.05) is 27.0 Å². The second-order valence-corrected chi connectivity index (χ2v) is 2.28. The molecule has 0 unspecified atom stereocenters. The summed E-state index contributed by atoms with van der Waals surface area (Å²) >= 11 is 0. The number of nitrogens with zero attached hydrogens (tertiary/aromatic N) is 1. The maximum absolute atomic E-state index is 4.15. The zero-order valence-electron chi connectivity index (χ0n) is 6.02. The van der Waals surface area contributed by atoms with Crippen LogP contribution in [0.1, 0.15) is 16.8 Å². The number of hydrogen-bond acceptors (Lipinski definition) is 1. The third kappa shape index (κ3) is 1.28. The number of pyridine rings is 1. The first-order valence-electron chi connectivity index (χ1n) is 3.02. The Morgan fingerprint density at radius 1 is 1.33 bits per heavy atom. The van der Waals surface area contributed by atoms with E-state index in [0.717, 1.165) is 16.8 Å². The van der Waals surface area contributed by atoms with Crippen molar-refractivity contribution in [2.75, 3.05) is 0 Å². The fourth-order valence-electron chi connectivity index (χ4n) is 0.709. The maximum atomic E-state index is 4.15. The van der Waals surface area contributed by atoms with E-state index in [-0.39, 0.29) is 0 Å². The number of hydrogen-bond donors (Lipinski definition) is 0. The van der Waals surface area contributed by atoms with Crippen LogP contribution in [0.2, 0.25) is 0 Å². The molecule has 1 heterocycles. The van der Waals surface area contributed by atoms with Gasteiger partial charge in [0.05, 0.1) is 0 Å². The Balaban J connectivity index is 3.17. The Labute approximate surface area is 55.7 Å². The van der Waals surface area contributed by atoms with Gasteiger partial charge in [-0.25, -0.2) is 0 Å². The Kier molecular flexibility index (Phi) is 1.52. The predicted octanol–water partition coefficient (Wildman–Crippen LogP) is 1.81. The Morgan fingerprint density at radius 2 is 2.00 bits per heavy atom. The van der Waals surface area contributed by atoms with E-state index in [0.29, 0.717) is 0 Å². The summed E-state index contributed by atoms with van der Waals surface area (Å²) in [6, 6.07) is 3.18. The van der Waals surface area contributed by atoms with Crippen LogP contribution in [0.15, 0.2) is 6.20 Å². The third-order valence-corrected chi connectivity index (χ3v) is 1.38. The second kappa shape index (κ2) is 2.18. The van der Waals surface area contributed by atoms with E-state index in [4.69, 9.17) is 0 Å². The molecular weight excluding hydrogens is 110 g/mol. The molecule has 0 aliphatic rings. The average Bonchev–Trinajstić information content (AvgIpc) is 1.80. The summed E-state index contributed by atoms with van der Waals surface area (Å²) in [4.78, 5) is 4.15. The molecule has 0 aliphatic carbocycles. The lowest BCUT2D eigenvalue weighted by Gasteiger charge is -1.96. The van der Waals surface area contributed by atoms with E-state index < -0.39 is 0 Å². The van der Waals surface area contributed by atoms with Crippen molar-refractivity contribution in [3.05, 3.63) is 29.1 Å². The van der Waals surface area contributed by atoms with Gasteiger partial charge >= 0.3 is 0 Å². The van der Waals surface area contributed by atoms with Gasteiger partial charge in [-0.1, -0.05) is 0 Å². The highest BCUT2D eigenvalue weighted by molar-refractivity contribution is 5.19. The molecule has 1 nitrogen and oxygen atoms in total. The van der Waals surface area contributed by atoms with Crippen molar-refractivity contribution in [3.63, 3.8) is 0 Å². The number of aromatic nitrogens is 1. The molecule has 0 saturated heterocycles. The summed E-state index contributed by atoms with van der Waals surface area (Å²) in [7, 11) is 0. The standard InChI is InChI=1S/C8H10N/c1-6-4-7(2)8(3)9-5-6/h5H,1-3H3. The number of aryl methyl sites for hydroxylation is 3. The molecule has 1 heteroatoms. The van der Waals surface area contributed by atoms with Gasteiger partial charge in [0.2, 0.25) is 0 Å². The van der Waals surface area contributed by atoms with Gasteiger partial charge in [-0.05, 0) is 38.0 Å². The van der Waals surface area contributed by atoms with Gasteiger partial charge in [0.15, 0.2) is 0 Å². The van der Waals surface area contributed by atoms with Crippen LogP contribution in [-0.4, -0.2) is 4.98 Å². The molecule has 0 atom stereocenters. The summed E-state index contributed by atoms with van der Waals surface area (Å²) in [6.45, 7) is 6.01. The lowest BCUT2D eigenvalue weighted by atomic mass is 10.2. The van der Waals surface area contributed by atoms with Crippen molar-refractivity contribution < 1.29 is 0 Å². The van der Waals surface area contributed by atoms with E-state index in [1.165, 1.54) is 0 Å². The highest BCUT2D eigenvalue weighted by Crippen LogP contribution is 2.02. The van der Waals surface area contributed by atoms with E-state index in [1.54, 1.807) is 0 Å². The lowest BCUT2D eigenvalue weighted by Crippen LogP contribution is -1.86. The minimum absolute atomic E-state index is 1.07. The molecule has 47 valence electrons. The highest BCUT2D eigenvalue weighted by Gasteiger charge is 1.91. The zero-order chi connectivity index (χ0) is 6.85. The quantitative estimate of drug-likeness (QED) is 0.508. The van der Waals surface area contributed by atoms with Crippen LogP contribution < -0.4 is 0 Å². The van der Waals surface area contributed by atoms with Crippen LogP contribution in [0, 0.1) is 26.8 Å². The fraction of sp³-hybridized carbons (Fsp3) is 0.375. The lowest BCUT2D eigenvalue weighted by molar-refractivity contribution is 1.12.